The predicted molar refractivity (Wildman–Crippen MR) is 73.9 cm³/mol. The van der Waals surface area contributed by atoms with Crippen LogP contribution in [0.3, 0.4) is 0 Å². The first-order valence-electron chi connectivity index (χ1n) is 5.23. The molecule has 94 valence electrons. The van der Waals surface area contributed by atoms with E-state index < -0.39 is 11.7 Å². The molecule has 2 N–H and O–H groups in total. The lowest BCUT2D eigenvalue weighted by Gasteiger charge is -2.19. The second kappa shape index (κ2) is 5.57. The number of halogens is 1. The molecule has 1 rings (SSSR count). The monoisotopic (exact) mass is 349 g/mol. The first-order valence-corrected chi connectivity index (χ1v) is 6.30. The van der Waals surface area contributed by atoms with Gasteiger partial charge >= 0.3 is 6.09 Å². The van der Waals surface area contributed by atoms with E-state index in [9.17, 15) is 9.90 Å². The Labute approximate surface area is 115 Å². The van der Waals surface area contributed by atoms with Gasteiger partial charge in [-0.1, -0.05) is 12.1 Å². The second-order valence-electron chi connectivity index (χ2n) is 4.61. The highest BCUT2D eigenvalue weighted by atomic mass is 127. The molecule has 0 unspecified atom stereocenters. The fourth-order valence-electron chi connectivity index (χ4n) is 1.18. The van der Waals surface area contributed by atoms with E-state index in [0.717, 1.165) is 9.13 Å². The summed E-state index contributed by atoms with van der Waals surface area (Å²) >= 11 is 2.04. The van der Waals surface area contributed by atoms with Gasteiger partial charge in [-0.15, -0.1) is 0 Å². The van der Waals surface area contributed by atoms with Gasteiger partial charge in [-0.25, -0.2) is 4.79 Å². The standard InChI is InChI=1S/C12H16INO3/c1-12(2,3)17-11(16)14-7-8-5-4-6-9(15)10(8)13/h4-6,15H,7H2,1-3H3,(H,14,16). The minimum Gasteiger partial charge on any atom is -0.507 e. The van der Waals surface area contributed by atoms with Crippen molar-refractivity contribution in [1.82, 2.24) is 5.32 Å². The molecule has 0 radical (unpaired) electrons. The van der Waals surface area contributed by atoms with Crippen molar-refractivity contribution < 1.29 is 14.6 Å². The van der Waals surface area contributed by atoms with Gasteiger partial charge in [0, 0.05) is 6.54 Å². The molecule has 1 aromatic rings. The van der Waals surface area contributed by atoms with Gasteiger partial charge in [0.2, 0.25) is 0 Å². The number of alkyl carbamates (subject to hydrolysis) is 1. The van der Waals surface area contributed by atoms with Gasteiger partial charge in [-0.3, -0.25) is 0 Å². The summed E-state index contributed by atoms with van der Waals surface area (Å²) in [5, 5.41) is 12.1. The van der Waals surface area contributed by atoms with E-state index >= 15 is 0 Å². The normalized spacial score (nSPS) is 11.1. The first-order chi connectivity index (χ1) is 7.79. The molecule has 0 heterocycles. The summed E-state index contributed by atoms with van der Waals surface area (Å²) in [4.78, 5) is 11.4. The number of carbonyl (C=O) groups is 1. The average Bonchev–Trinajstić information content (AvgIpc) is 2.18. The molecule has 17 heavy (non-hydrogen) atoms. The van der Waals surface area contributed by atoms with Crippen molar-refractivity contribution in [2.24, 2.45) is 0 Å². The average molecular weight is 349 g/mol. The van der Waals surface area contributed by atoms with Crippen molar-refractivity contribution >= 4 is 28.7 Å². The van der Waals surface area contributed by atoms with Crippen LogP contribution in [-0.2, 0) is 11.3 Å². The smallest absolute Gasteiger partial charge is 0.407 e. The highest BCUT2D eigenvalue weighted by molar-refractivity contribution is 14.1. The molecular formula is C12H16INO3. The summed E-state index contributed by atoms with van der Waals surface area (Å²) in [6.45, 7) is 5.77. The van der Waals surface area contributed by atoms with Gasteiger partial charge < -0.3 is 15.2 Å². The number of hydrogen-bond donors (Lipinski definition) is 2. The molecule has 0 saturated heterocycles. The lowest BCUT2D eigenvalue weighted by atomic mass is 10.2. The number of carbonyl (C=O) groups excluding carboxylic acids is 1. The van der Waals surface area contributed by atoms with Crippen LogP contribution in [0.15, 0.2) is 18.2 Å². The molecule has 0 aliphatic carbocycles. The van der Waals surface area contributed by atoms with Crippen LogP contribution in [0.5, 0.6) is 5.75 Å². The Morgan fingerprint density at radius 1 is 1.47 bits per heavy atom. The van der Waals surface area contributed by atoms with Crippen molar-refractivity contribution in [3.8, 4) is 5.75 Å². The zero-order chi connectivity index (χ0) is 13.1. The molecule has 0 atom stereocenters. The molecular weight excluding hydrogens is 333 g/mol. The highest BCUT2D eigenvalue weighted by Crippen LogP contribution is 2.22. The number of aromatic hydroxyl groups is 1. The molecule has 0 bridgehead atoms. The van der Waals surface area contributed by atoms with Crippen LogP contribution in [0.4, 0.5) is 4.79 Å². The van der Waals surface area contributed by atoms with Gasteiger partial charge in [0.15, 0.2) is 0 Å². The Bertz CT molecular complexity index is 413. The molecule has 1 aromatic carbocycles. The molecule has 0 aromatic heterocycles. The van der Waals surface area contributed by atoms with Gasteiger partial charge in [0.25, 0.3) is 0 Å². The maximum atomic E-state index is 11.4. The summed E-state index contributed by atoms with van der Waals surface area (Å²) in [7, 11) is 0. The Morgan fingerprint density at radius 2 is 2.12 bits per heavy atom. The second-order valence-corrected chi connectivity index (χ2v) is 5.68. The number of benzene rings is 1. The number of rotatable bonds is 2. The Kier molecular flexibility index (Phi) is 4.62. The zero-order valence-electron chi connectivity index (χ0n) is 10.1. The molecule has 0 aliphatic rings. The van der Waals surface area contributed by atoms with E-state index in [1.165, 1.54) is 0 Å². The lowest BCUT2D eigenvalue weighted by molar-refractivity contribution is 0.0523. The fraction of sp³-hybridized carbons (Fsp3) is 0.417. The van der Waals surface area contributed by atoms with E-state index in [1.54, 1.807) is 12.1 Å². The van der Waals surface area contributed by atoms with E-state index in [2.05, 4.69) is 5.32 Å². The number of amides is 1. The van der Waals surface area contributed by atoms with Crippen LogP contribution < -0.4 is 5.32 Å². The summed E-state index contributed by atoms with van der Waals surface area (Å²) in [6, 6.07) is 5.20. The Morgan fingerprint density at radius 3 is 2.71 bits per heavy atom. The molecule has 0 aliphatic heterocycles. The zero-order valence-corrected chi connectivity index (χ0v) is 12.2. The van der Waals surface area contributed by atoms with Gasteiger partial charge in [-0.2, -0.15) is 0 Å². The molecule has 0 spiro atoms. The molecule has 0 fully saturated rings. The first kappa shape index (κ1) is 14.1. The minimum atomic E-state index is -0.504. The lowest BCUT2D eigenvalue weighted by Crippen LogP contribution is -2.32. The number of phenolic OH excluding ortho intramolecular Hbond substituents is 1. The van der Waals surface area contributed by atoms with Crippen LogP contribution in [-0.4, -0.2) is 16.8 Å². The SMILES string of the molecule is CC(C)(C)OC(=O)NCc1cccc(O)c1I. The molecule has 4 nitrogen and oxygen atoms in total. The fourth-order valence-corrected chi connectivity index (χ4v) is 1.73. The number of nitrogens with one attached hydrogen (secondary N) is 1. The van der Waals surface area contributed by atoms with Gasteiger partial charge in [0.1, 0.15) is 11.4 Å². The molecule has 5 heteroatoms. The summed E-state index contributed by atoms with van der Waals surface area (Å²) in [6.07, 6.45) is -0.461. The van der Waals surface area contributed by atoms with Crippen LogP contribution >= 0.6 is 22.6 Å². The van der Waals surface area contributed by atoms with Crippen LogP contribution in [0.2, 0.25) is 0 Å². The third-order valence-electron chi connectivity index (χ3n) is 1.88. The summed E-state index contributed by atoms with van der Waals surface area (Å²) < 4.78 is 5.85. The maximum Gasteiger partial charge on any atom is 0.407 e. The van der Waals surface area contributed by atoms with E-state index in [-0.39, 0.29) is 5.75 Å². The third-order valence-corrected chi connectivity index (χ3v) is 3.13. The minimum absolute atomic E-state index is 0.217. The number of ether oxygens (including phenoxy) is 1. The number of hydrogen-bond acceptors (Lipinski definition) is 3. The van der Waals surface area contributed by atoms with Gasteiger partial charge in [0.05, 0.1) is 3.57 Å². The topological polar surface area (TPSA) is 58.6 Å². The number of phenols is 1. The van der Waals surface area contributed by atoms with E-state index in [1.807, 2.05) is 49.4 Å². The van der Waals surface area contributed by atoms with Crippen LogP contribution in [0.1, 0.15) is 26.3 Å². The largest absolute Gasteiger partial charge is 0.507 e. The summed E-state index contributed by atoms with van der Waals surface area (Å²) in [5.74, 6) is 0.217. The predicted octanol–water partition coefficient (Wildman–Crippen LogP) is 3.02. The molecule has 0 saturated carbocycles. The van der Waals surface area contributed by atoms with Crippen molar-refractivity contribution in [2.75, 3.05) is 0 Å². The third kappa shape index (κ3) is 4.80. The Hall–Kier alpha value is -0.980. The summed E-state index contributed by atoms with van der Waals surface area (Å²) in [5.41, 5.74) is 0.354. The van der Waals surface area contributed by atoms with Crippen molar-refractivity contribution in [3.05, 3.63) is 27.3 Å². The van der Waals surface area contributed by atoms with Gasteiger partial charge in [-0.05, 0) is 55.0 Å². The highest BCUT2D eigenvalue weighted by Gasteiger charge is 2.16. The van der Waals surface area contributed by atoms with E-state index in [0.29, 0.717) is 6.54 Å². The molecule has 1 amide bonds. The van der Waals surface area contributed by atoms with Crippen molar-refractivity contribution in [1.29, 1.82) is 0 Å². The maximum absolute atomic E-state index is 11.4. The van der Waals surface area contributed by atoms with Crippen LogP contribution in [0.25, 0.3) is 0 Å². The Balaban J connectivity index is 2.56. The van der Waals surface area contributed by atoms with Crippen LogP contribution in [0, 0.1) is 3.57 Å². The van der Waals surface area contributed by atoms with E-state index in [4.69, 9.17) is 4.74 Å². The van der Waals surface area contributed by atoms with Crippen molar-refractivity contribution in [2.45, 2.75) is 32.9 Å². The van der Waals surface area contributed by atoms with Crippen molar-refractivity contribution in [3.63, 3.8) is 0 Å². The quantitative estimate of drug-likeness (QED) is 0.807.